The van der Waals surface area contributed by atoms with Gasteiger partial charge in [-0.3, -0.25) is 0 Å². The summed E-state index contributed by atoms with van der Waals surface area (Å²) in [7, 11) is 1.03. The van der Waals surface area contributed by atoms with Gasteiger partial charge < -0.3 is 14.6 Å². The van der Waals surface area contributed by atoms with Crippen molar-refractivity contribution in [3.8, 4) is 11.8 Å². The number of nitrogens with zero attached hydrogens (tertiary/aromatic N) is 1. The Balaban J connectivity index is 3.47. The fourth-order valence-corrected chi connectivity index (χ4v) is 1.41. The highest BCUT2D eigenvalue weighted by Gasteiger charge is 2.34. The first kappa shape index (κ1) is 14.8. The van der Waals surface area contributed by atoms with Gasteiger partial charge in [0.15, 0.2) is 5.75 Å². The van der Waals surface area contributed by atoms with E-state index in [9.17, 15) is 18.0 Å². The van der Waals surface area contributed by atoms with E-state index in [4.69, 9.17) is 10.4 Å². The summed E-state index contributed by atoms with van der Waals surface area (Å²) < 4.78 is 44.8. The van der Waals surface area contributed by atoms with Gasteiger partial charge in [0.05, 0.1) is 24.8 Å². The molecule has 0 radical (unpaired) electrons. The normalized spacial score (nSPS) is 10.7. The molecule has 8 heteroatoms. The molecule has 0 heterocycles. The number of nitriles is 1. The second-order valence-electron chi connectivity index (χ2n) is 3.28. The number of methoxy groups -OCH3 is 1. The maximum Gasteiger partial charge on any atom is 0.573 e. The fourth-order valence-electron chi connectivity index (χ4n) is 1.41. The van der Waals surface area contributed by atoms with Gasteiger partial charge in [-0.15, -0.1) is 13.2 Å². The van der Waals surface area contributed by atoms with Gasteiger partial charge in [0.1, 0.15) is 6.07 Å². The highest BCUT2D eigenvalue weighted by Crippen LogP contribution is 2.32. The van der Waals surface area contributed by atoms with Crippen molar-refractivity contribution in [1.29, 1.82) is 5.26 Å². The number of esters is 1. The van der Waals surface area contributed by atoms with E-state index in [1.165, 1.54) is 6.07 Å². The molecule has 0 saturated carbocycles. The molecular formula is C11H8F3NO4. The Kier molecular flexibility index (Phi) is 4.34. The van der Waals surface area contributed by atoms with E-state index in [0.29, 0.717) is 0 Å². The molecule has 0 fully saturated rings. The van der Waals surface area contributed by atoms with Crippen LogP contribution in [0.3, 0.4) is 0 Å². The van der Waals surface area contributed by atoms with Crippen molar-refractivity contribution in [2.75, 3.05) is 7.11 Å². The number of halogens is 3. The molecule has 1 N–H and O–H groups in total. The zero-order valence-corrected chi connectivity index (χ0v) is 9.61. The predicted molar refractivity (Wildman–Crippen MR) is 55.1 cm³/mol. The van der Waals surface area contributed by atoms with Gasteiger partial charge in [-0.05, 0) is 12.1 Å². The van der Waals surface area contributed by atoms with Crippen molar-refractivity contribution in [1.82, 2.24) is 0 Å². The number of rotatable bonds is 3. The van der Waals surface area contributed by atoms with Crippen molar-refractivity contribution in [3.63, 3.8) is 0 Å². The van der Waals surface area contributed by atoms with Gasteiger partial charge in [-0.2, -0.15) is 5.26 Å². The second-order valence-corrected chi connectivity index (χ2v) is 3.28. The smallest absolute Gasteiger partial charge is 0.465 e. The van der Waals surface area contributed by atoms with E-state index in [0.717, 1.165) is 19.2 Å². The first-order chi connectivity index (χ1) is 8.84. The van der Waals surface area contributed by atoms with E-state index in [1.807, 2.05) is 0 Å². The molecule has 1 aromatic carbocycles. The van der Waals surface area contributed by atoms with E-state index in [2.05, 4.69) is 9.47 Å². The minimum absolute atomic E-state index is 0.303. The van der Waals surface area contributed by atoms with E-state index in [1.54, 1.807) is 0 Å². The molecule has 0 unspecified atom stereocenters. The number of hydrogen-bond donors (Lipinski definition) is 1. The topological polar surface area (TPSA) is 79.6 Å². The monoisotopic (exact) mass is 275 g/mol. The maximum atomic E-state index is 12.3. The lowest BCUT2D eigenvalue weighted by Gasteiger charge is -2.15. The summed E-state index contributed by atoms with van der Waals surface area (Å²) >= 11 is 0. The molecule has 0 aromatic heterocycles. The lowest BCUT2D eigenvalue weighted by atomic mass is 10.0. The molecule has 1 rings (SSSR count). The van der Waals surface area contributed by atoms with Gasteiger partial charge in [0.2, 0.25) is 0 Å². The van der Waals surface area contributed by atoms with Crippen molar-refractivity contribution >= 4 is 5.97 Å². The molecule has 0 atom stereocenters. The lowest BCUT2D eigenvalue weighted by Crippen LogP contribution is -2.20. The number of aliphatic hydroxyl groups excluding tert-OH is 1. The summed E-state index contributed by atoms with van der Waals surface area (Å²) in [5, 5.41) is 17.8. The number of benzene rings is 1. The summed E-state index contributed by atoms with van der Waals surface area (Å²) in [5.41, 5.74) is -1.21. The van der Waals surface area contributed by atoms with Gasteiger partial charge in [0.25, 0.3) is 0 Å². The molecule has 0 saturated heterocycles. The van der Waals surface area contributed by atoms with Crippen LogP contribution >= 0.6 is 0 Å². The number of aliphatic hydroxyl groups is 1. The summed E-state index contributed by atoms with van der Waals surface area (Å²) in [6, 6.07) is 3.55. The summed E-state index contributed by atoms with van der Waals surface area (Å²) in [5.74, 6) is -1.85. The SMILES string of the molecule is COC(=O)c1ccc(C#N)c(OC(F)(F)F)c1CO. The first-order valence-electron chi connectivity index (χ1n) is 4.85. The lowest BCUT2D eigenvalue weighted by molar-refractivity contribution is -0.275. The van der Waals surface area contributed by atoms with Crippen LogP contribution in [-0.2, 0) is 11.3 Å². The third kappa shape index (κ3) is 3.35. The second kappa shape index (κ2) is 5.58. The average molecular weight is 275 g/mol. The third-order valence-electron chi connectivity index (χ3n) is 2.16. The summed E-state index contributed by atoms with van der Waals surface area (Å²) in [6.07, 6.45) is -5.05. The summed E-state index contributed by atoms with van der Waals surface area (Å²) in [4.78, 5) is 11.4. The average Bonchev–Trinajstić information content (AvgIpc) is 2.35. The highest BCUT2D eigenvalue weighted by atomic mass is 19.4. The zero-order chi connectivity index (χ0) is 14.6. The molecule has 0 spiro atoms. The van der Waals surface area contributed by atoms with E-state index in [-0.39, 0.29) is 5.56 Å². The number of hydrogen-bond acceptors (Lipinski definition) is 5. The van der Waals surface area contributed by atoms with Crippen molar-refractivity contribution in [2.24, 2.45) is 0 Å². The van der Waals surface area contributed by atoms with Crippen molar-refractivity contribution in [2.45, 2.75) is 13.0 Å². The standard InChI is InChI=1S/C11H8F3NO4/c1-18-10(17)7-3-2-6(4-15)9(8(7)5-16)19-11(12,13)14/h2-3,16H,5H2,1H3. The van der Waals surface area contributed by atoms with Crippen LogP contribution in [0.2, 0.25) is 0 Å². The largest absolute Gasteiger partial charge is 0.573 e. The number of ether oxygens (including phenoxy) is 2. The summed E-state index contributed by atoms with van der Waals surface area (Å²) in [6.45, 7) is -0.911. The molecule has 0 amide bonds. The van der Waals surface area contributed by atoms with Crippen molar-refractivity contribution in [3.05, 3.63) is 28.8 Å². The molecule has 102 valence electrons. The van der Waals surface area contributed by atoms with Crippen LogP contribution in [0.1, 0.15) is 21.5 Å². The molecule has 5 nitrogen and oxygen atoms in total. The fraction of sp³-hybridized carbons (Fsp3) is 0.273. The third-order valence-corrected chi connectivity index (χ3v) is 2.16. The maximum absolute atomic E-state index is 12.3. The van der Waals surface area contributed by atoms with Crippen LogP contribution in [0.25, 0.3) is 0 Å². The zero-order valence-electron chi connectivity index (χ0n) is 9.61. The van der Waals surface area contributed by atoms with Gasteiger partial charge in [-0.1, -0.05) is 0 Å². The van der Waals surface area contributed by atoms with Gasteiger partial charge in [0, 0.05) is 5.56 Å². The van der Waals surface area contributed by atoms with Gasteiger partial charge >= 0.3 is 12.3 Å². The Morgan fingerprint density at radius 2 is 2.11 bits per heavy atom. The highest BCUT2D eigenvalue weighted by molar-refractivity contribution is 5.92. The Bertz CT molecular complexity index is 534. The van der Waals surface area contributed by atoms with Crippen LogP contribution < -0.4 is 4.74 Å². The minimum atomic E-state index is -5.05. The van der Waals surface area contributed by atoms with Crippen LogP contribution in [0.5, 0.6) is 5.75 Å². The van der Waals surface area contributed by atoms with Crippen LogP contribution in [-0.4, -0.2) is 24.5 Å². The van der Waals surface area contributed by atoms with Crippen LogP contribution in [0.4, 0.5) is 13.2 Å². The van der Waals surface area contributed by atoms with E-state index < -0.39 is 35.8 Å². The number of alkyl halides is 3. The minimum Gasteiger partial charge on any atom is -0.465 e. The van der Waals surface area contributed by atoms with E-state index >= 15 is 0 Å². The Labute approximate surface area is 105 Å². The molecule has 19 heavy (non-hydrogen) atoms. The molecule has 0 aliphatic rings. The molecule has 1 aromatic rings. The molecular weight excluding hydrogens is 267 g/mol. The Hall–Kier alpha value is -2.27. The first-order valence-corrected chi connectivity index (χ1v) is 4.85. The van der Waals surface area contributed by atoms with Crippen LogP contribution in [0.15, 0.2) is 12.1 Å². The van der Waals surface area contributed by atoms with Gasteiger partial charge in [-0.25, -0.2) is 4.79 Å². The van der Waals surface area contributed by atoms with Crippen LogP contribution in [0, 0.1) is 11.3 Å². The molecule has 0 aliphatic heterocycles. The van der Waals surface area contributed by atoms with Crippen molar-refractivity contribution < 1.29 is 32.5 Å². The number of carbonyl (C=O) groups is 1. The molecule has 0 aliphatic carbocycles. The Morgan fingerprint density at radius 3 is 2.53 bits per heavy atom. The number of carbonyl (C=O) groups excluding carboxylic acids is 1. The quantitative estimate of drug-likeness (QED) is 0.850. The Morgan fingerprint density at radius 1 is 1.47 bits per heavy atom. The molecule has 0 bridgehead atoms. The predicted octanol–water partition coefficient (Wildman–Crippen LogP) is 1.74.